The van der Waals surface area contributed by atoms with Gasteiger partial charge in [0.25, 0.3) is 0 Å². The molecule has 0 aliphatic heterocycles. The van der Waals surface area contributed by atoms with Crippen LogP contribution in [0.3, 0.4) is 0 Å². The van der Waals surface area contributed by atoms with E-state index in [0.29, 0.717) is 11.9 Å². The van der Waals surface area contributed by atoms with Crippen LogP contribution >= 0.6 is 0 Å². The topological polar surface area (TPSA) is 66.5 Å². The van der Waals surface area contributed by atoms with E-state index in [2.05, 4.69) is 53.6 Å². The average Bonchev–Trinajstić information content (AvgIpc) is 2.65. The van der Waals surface area contributed by atoms with Crippen LogP contribution in [0.15, 0.2) is 5.57 Å². The second kappa shape index (κ2) is 4.74. The number of nitrogens with one attached hydrogen (secondary N) is 2. The lowest BCUT2D eigenvalue weighted by atomic mass is 10.1. The Labute approximate surface area is 84.0 Å². The average molecular weight is 195 g/mol. The zero-order chi connectivity index (χ0) is 10.6. The summed E-state index contributed by atoms with van der Waals surface area (Å²) in [6.45, 7) is 8.35. The van der Waals surface area contributed by atoms with Gasteiger partial charge >= 0.3 is 0 Å². The molecule has 0 aliphatic carbocycles. The Kier molecular flexibility index (Phi) is 3.62. The molecule has 0 fully saturated rings. The molecule has 5 heteroatoms. The molecule has 0 radical (unpaired) electrons. The molecule has 1 heterocycles. The molecule has 0 aliphatic rings. The second-order valence-corrected chi connectivity index (χ2v) is 3.54. The van der Waals surface area contributed by atoms with Gasteiger partial charge in [-0.05, 0) is 38.0 Å². The highest BCUT2D eigenvalue weighted by molar-refractivity contribution is 5.60. The van der Waals surface area contributed by atoms with Gasteiger partial charge in [0.2, 0.25) is 5.82 Å². The molecule has 78 valence electrons. The monoisotopic (exact) mass is 195 g/mol. The normalized spacial score (nSPS) is 12.9. The number of hydrogen-bond donors (Lipinski definition) is 2. The molecule has 0 bridgehead atoms. The van der Waals surface area contributed by atoms with Gasteiger partial charge in [0, 0.05) is 6.04 Å². The third-order valence-electron chi connectivity index (χ3n) is 1.96. The highest BCUT2D eigenvalue weighted by atomic mass is 15.5. The van der Waals surface area contributed by atoms with Gasteiger partial charge in [-0.25, -0.2) is 0 Å². The van der Waals surface area contributed by atoms with Crippen LogP contribution in [0.4, 0.5) is 0 Å². The first-order valence-corrected chi connectivity index (χ1v) is 4.85. The van der Waals surface area contributed by atoms with Crippen LogP contribution in [0.1, 0.15) is 39.9 Å². The number of allylic oxidation sites excluding steroid dienone is 1. The van der Waals surface area contributed by atoms with Crippen molar-refractivity contribution in [3.05, 3.63) is 11.4 Å². The van der Waals surface area contributed by atoms with Crippen molar-refractivity contribution < 1.29 is 0 Å². The zero-order valence-corrected chi connectivity index (χ0v) is 9.13. The van der Waals surface area contributed by atoms with Crippen molar-refractivity contribution in [3.63, 3.8) is 0 Å². The Bertz CT molecular complexity index is 299. The molecule has 1 rings (SSSR count). The summed E-state index contributed by atoms with van der Waals surface area (Å²) >= 11 is 0. The summed E-state index contributed by atoms with van der Waals surface area (Å²) in [6, 6.07) is 0.366. The molecule has 2 N–H and O–H groups in total. The van der Waals surface area contributed by atoms with Gasteiger partial charge < -0.3 is 5.32 Å². The van der Waals surface area contributed by atoms with E-state index in [1.54, 1.807) is 0 Å². The molecule has 5 nitrogen and oxygen atoms in total. The van der Waals surface area contributed by atoms with E-state index in [1.165, 1.54) is 5.57 Å². The summed E-state index contributed by atoms with van der Waals surface area (Å²) in [4.78, 5) is 0. The lowest BCUT2D eigenvalue weighted by Gasteiger charge is -2.13. The predicted molar refractivity (Wildman–Crippen MR) is 55.3 cm³/mol. The number of rotatable bonds is 4. The Morgan fingerprint density at radius 3 is 2.64 bits per heavy atom. The number of hydrogen-bond acceptors (Lipinski definition) is 4. The van der Waals surface area contributed by atoms with Gasteiger partial charge in [0.1, 0.15) is 0 Å². The summed E-state index contributed by atoms with van der Waals surface area (Å²) in [5, 5.41) is 17.3. The van der Waals surface area contributed by atoms with E-state index in [4.69, 9.17) is 0 Å². The van der Waals surface area contributed by atoms with Crippen molar-refractivity contribution in [3.8, 4) is 0 Å². The van der Waals surface area contributed by atoms with Gasteiger partial charge in [-0.1, -0.05) is 6.92 Å². The smallest absolute Gasteiger partial charge is 0.220 e. The highest BCUT2D eigenvalue weighted by Crippen LogP contribution is 2.13. The number of tetrazole rings is 1. The van der Waals surface area contributed by atoms with Crippen molar-refractivity contribution in [2.45, 2.75) is 40.2 Å². The molecule has 0 saturated carbocycles. The van der Waals surface area contributed by atoms with Gasteiger partial charge in [-0.2, -0.15) is 5.21 Å². The molecule has 1 aromatic rings. The minimum atomic E-state index is 0.366. The maximum atomic E-state index is 3.97. The maximum Gasteiger partial charge on any atom is 0.220 e. The van der Waals surface area contributed by atoms with Crippen LogP contribution in [-0.4, -0.2) is 26.7 Å². The van der Waals surface area contributed by atoms with E-state index in [-0.39, 0.29) is 0 Å². The quantitative estimate of drug-likeness (QED) is 0.760. The summed E-state index contributed by atoms with van der Waals surface area (Å²) in [5.74, 6) is 0.637. The zero-order valence-electron chi connectivity index (χ0n) is 9.13. The fourth-order valence-corrected chi connectivity index (χ4v) is 1.11. The van der Waals surface area contributed by atoms with Crippen molar-refractivity contribution in [2.75, 3.05) is 0 Å². The number of H-pyrrole nitrogens is 1. The third-order valence-corrected chi connectivity index (χ3v) is 1.96. The van der Waals surface area contributed by atoms with Crippen molar-refractivity contribution in [1.82, 2.24) is 25.9 Å². The molecule has 0 amide bonds. The van der Waals surface area contributed by atoms with E-state index < -0.39 is 0 Å². The van der Waals surface area contributed by atoms with Gasteiger partial charge in [-0.3, -0.25) is 0 Å². The van der Waals surface area contributed by atoms with Gasteiger partial charge in [0.15, 0.2) is 0 Å². The SMILES string of the molecule is CC/C(C)=C(\NC(C)C)c1nn[nH]n1. The molecule has 0 saturated heterocycles. The summed E-state index contributed by atoms with van der Waals surface area (Å²) in [6.07, 6.45) is 0.976. The highest BCUT2D eigenvalue weighted by Gasteiger charge is 2.10. The van der Waals surface area contributed by atoms with E-state index in [0.717, 1.165) is 12.1 Å². The minimum Gasteiger partial charge on any atom is -0.380 e. The van der Waals surface area contributed by atoms with E-state index in [9.17, 15) is 0 Å². The van der Waals surface area contributed by atoms with Crippen LogP contribution in [0.2, 0.25) is 0 Å². The Balaban J connectivity index is 2.94. The summed E-state index contributed by atoms with van der Waals surface area (Å²) < 4.78 is 0. The van der Waals surface area contributed by atoms with Crippen LogP contribution in [0.25, 0.3) is 5.70 Å². The van der Waals surface area contributed by atoms with Crippen molar-refractivity contribution >= 4 is 5.70 Å². The Hall–Kier alpha value is -1.39. The lowest BCUT2D eigenvalue weighted by Crippen LogP contribution is -2.22. The number of aromatic amines is 1. The molecule has 0 atom stereocenters. The third kappa shape index (κ3) is 2.55. The van der Waals surface area contributed by atoms with Crippen LogP contribution < -0.4 is 5.32 Å². The minimum absolute atomic E-state index is 0.366. The molecule has 0 spiro atoms. The van der Waals surface area contributed by atoms with E-state index >= 15 is 0 Å². The van der Waals surface area contributed by atoms with E-state index in [1.807, 2.05) is 0 Å². The molecule has 0 aromatic carbocycles. The fraction of sp³-hybridized carbons (Fsp3) is 0.667. The van der Waals surface area contributed by atoms with Gasteiger partial charge in [-0.15, -0.1) is 10.2 Å². The molecule has 1 aromatic heterocycles. The summed E-state index contributed by atoms with van der Waals surface area (Å²) in [7, 11) is 0. The maximum absolute atomic E-state index is 3.97. The van der Waals surface area contributed by atoms with Gasteiger partial charge in [0.05, 0.1) is 5.70 Å². The van der Waals surface area contributed by atoms with Crippen LogP contribution in [0.5, 0.6) is 0 Å². The fourth-order valence-electron chi connectivity index (χ4n) is 1.11. The standard InChI is InChI=1S/C9H17N5/c1-5-7(4)8(10-6(2)3)9-11-13-14-12-9/h6,10H,5H2,1-4H3,(H,11,12,13,14)/b8-7-. The molecular formula is C9H17N5. The van der Waals surface area contributed by atoms with Crippen LogP contribution in [0, 0.1) is 0 Å². The summed E-state index contributed by atoms with van der Waals surface area (Å²) in [5.41, 5.74) is 2.22. The molecule has 14 heavy (non-hydrogen) atoms. The van der Waals surface area contributed by atoms with Crippen LogP contribution in [-0.2, 0) is 0 Å². The first kappa shape index (κ1) is 10.7. The Morgan fingerprint density at radius 1 is 1.50 bits per heavy atom. The van der Waals surface area contributed by atoms with Crippen molar-refractivity contribution in [2.24, 2.45) is 0 Å². The first-order valence-electron chi connectivity index (χ1n) is 4.85. The Morgan fingerprint density at radius 2 is 2.21 bits per heavy atom. The second-order valence-electron chi connectivity index (χ2n) is 3.54. The van der Waals surface area contributed by atoms with Crippen molar-refractivity contribution in [1.29, 1.82) is 0 Å². The predicted octanol–water partition coefficient (Wildman–Crippen LogP) is 1.34. The lowest BCUT2D eigenvalue weighted by molar-refractivity contribution is 0.706. The number of nitrogens with zero attached hydrogens (tertiary/aromatic N) is 3. The molecule has 0 unspecified atom stereocenters. The largest absolute Gasteiger partial charge is 0.380 e. The number of aromatic nitrogens is 4. The molecular weight excluding hydrogens is 178 g/mol. The first-order chi connectivity index (χ1) is 6.65.